The molecule has 1 aromatic heterocycles. The monoisotopic (exact) mass is 364 g/mol. The summed E-state index contributed by atoms with van der Waals surface area (Å²) in [6.45, 7) is 1.82. The first-order valence-corrected chi connectivity index (χ1v) is 9.11. The molecule has 8 heteroatoms. The first kappa shape index (κ1) is 18.8. The largest absolute Gasteiger partial charge is 0.374 e. The van der Waals surface area contributed by atoms with Gasteiger partial charge in [0.2, 0.25) is 11.8 Å². The molecular formula is C18H28N4O4. The van der Waals surface area contributed by atoms with Crippen LogP contribution < -0.4 is 0 Å². The Morgan fingerprint density at radius 1 is 1.38 bits per heavy atom. The quantitative estimate of drug-likeness (QED) is 0.714. The number of morpholine rings is 1. The summed E-state index contributed by atoms with van der Waals surface area (Å²) in [5.41, 5.74) is 0.792. The lowest BCUT2D eigenvalue weighted by atomic mass is 10.1. The van der Waals surface area contributed by atoms with Crippen molar-refractivity contribution < 1.29 is 19.1 Å². The third-order valence-corrected chi connectivity index (χ3v) is 5.13. The van der Waals surface area contributed by atoms with Crippen molar-refractivity contribution in [2.45, 2.75) is 31.4 Å². The summed E-state index contributed by atoms with van der Waals surface area (Å²) >= 11 is 0. The molecule has 1 aliphatic carbocycles. The minimum Gasteiger partial charge on any atom is -0.374 e. The average Bonchev–Trinajstić information content (AvgIpc) is 3.19. The van der Waals surface area contributed by atoms with Gasteiger partial charge in [-0.2, -0.15) is 5.10 Å². The van der Waals surface area contributed by atoms with Crippen LogP contribution in [0.2, 0.25) is 0 Å². The Morgan fingerprint density at radius 2 is 2.19 bits per heavy atom. The molecule has 1 saturated carbocycles. The van der Waals surface area contributed by atoms with E-state index in [0.717, 1.165) is 18.5 Å². The highest BCUT2D eigenvalue weighted by Gasteiger charge is 2.42. The zero-order valence-corrected chi connectivity index (χ0v) is 15.8. The zero-order valence-electron chi connectivity index (χ0n) is 15.8. The summed E-state index contributed by atoms with van der Waals surface area (Å²) in [6, 6.07) is 1.97. The lowest BCUT2D eigenvalue weighted by molar-refractivity contribution is -0.143. The lowest BCUT2D eigenvalue weighted by Gasteiger charge is -2.37. The fourth-order valence-electron chi connectivity index (χ4n) is 3.75. The van der Waals surface area contributed by atoms with Crippen LogP contribution in [-0.2, 0) is 32.5 Å². The molecule has 1 aromatic rings. The van der Waals surface area contributed by atoms with Crippen LogP contribution >= 0.6 is 0 Å². The molecule has 0 spiro atoms. The van der Waals surface area contributed by atoms with Gasteiger partial charge >= 0.3 is 0 Å². The van der Waals surface area contributed by atoms with E-state index >= 15 is 0 Å². The van der Waals surface area contributed by atoms with Crippen LogP contribution in [0.15, 0.2) is 12.3 Å². The normalized spacial score (nSPS) is 25.2. The second kappa shape index (κ2) is 8.18. The molecule has 26 heavy (non-hydrogen) atoms. The molecule has 3 rings (SSSR count). The highest BCUT2D eigenvalue weighted by Crippen LogP contribution is 2.34. The van der Waals surface area contributed by atoms with Gasteiger partial charge in [0, 0.05) is 33.9 Å². The van der Waals surface area contributed by atoms with Crippen molar-refractivity contribution in [1.82, 2.24) is 19.6 Å². The van der Waals surface area contributed by atoms with Gasteiger partial charge in [-0.05, 0) is 24.8 Å². The van der Waals surface area contributed by atoms with Crippen LogP contribution in [0.25, 0.3) is 0 Å². The number of amides is 2. The average molecular weight is 364 g/mol. The van der Waals surface area contributed by atoms with Crippen molar-refractivity contribution in [2.24, 2.45) is 13.0 Å². The Hall–Kier alpha value is -1.93. The number of rotatable bonds is 6. The standard InChI is InChI=1S/C18H28N4O4/c1-20(2)18(24)12-25-11-13-8-15-16(9-13)26-7-6-22(15)17(23)10-14-4-5-21(3)19-14/h4-5,13,15-16H,6-12H2,1-3H3. The van der Waals surface area contributed by atoms with E-state index < -0.39 is 0 Å². The predicted molar refractivity (Wildman–Crippen MR) is 94.4 cm³/mol. The van der Waals surface area contributed by atoms with Crippen molar-refractivity contribution in [3.05, 3.63) is 18.0 Å². The van der Waals surface area contributed by atoms with Gasteiger partial charge < -0.3 is 19.3 Å². The van der Waals surface area contributed by atoms with Crippen molar-refractivity contribution in [3.8, 4) is 0 Å². The van der Waals surface area contributed by atoms with E-state index in [1.165, 1.54) is 4.90 Å². The molecule has 2 heterocycles. The number of hydrogen-bond donors (Lipinski definition) is 0. The number of aryl methyl sites for hydroxylation is 1. The molecule has 1 aliphatic heterocycles. The molecule has 3 atom stereocenters. The maximum absolute atomic E-state index is 12.7. The topological polar surface area (TPSA) is 76.9 Å². The molecular weight excluding hydrogens is 336 g/mol. The van der Waals surface area contributed by atoms with Crippen LogP contribution in [0.5, 0.6) is 0 Å². The van der Waals surface area contributed by atoms with Gasteiger partial charge in [0.05, 0.1) is 37.5 Å². The summed E-state index contributed by atoms with van der Waals surface area (Å²) in [4.78, 5) is 27.8. The molecule has 0 N–H and O–H groups in total. The SMILES string of the molecule is CN(C)C(=O)COCC1CC2OCCN(C(=O)Cc3ccn(C)n3)C2C1. The molecule has 2 fully saturated rings. The molecule has 2 aliphatic rings. The number of aromatic nitrogens is 2. The van der Waals surface area contributed by atoms with Crippen LogP contribution in [0.3, 0.4) is 0 Å². The Kier molecular flexibility index (Phi) is 5.93. The number of hydrogen-bond acceptors (Lipinski definition) is 5. The summed E-state index contributed by atoms with van der Waals surface area (Å²) in [6.07, 6.45) is 3.96. The third-order valence-electron chi connectivity index (χ3n) is 5.13. The van der Waals surface area contributed by atoms with Crippen molar-refractivity contribution in [1.29, 1.82) is 0 Å². The first-order chi connectivity index (χ1) is 12.4. The Bertz CT molecular complexity index is 645. The number of likely N-dealkylation sites (N-methyl/N-ethyl adjacent to an activating group) is 1. The molecule has 0 aromatic carbocycles. The van der Waals surface area contributed by atoms with Gasteiger partial charge in [0.25, 0.3) is 0 Å². The van der Waals surface area contributed by atoms with Gasteiger partial charge in [0.1, 0.15) is 6.61 Å². The van der Waals surface area contributed by atoms with Crippen LogP contribution in [0, 0.1) is 5.92 Å². The zero-order chi connectivity index (χ0) is 18.7. The second-order valence-corrected chi connectivity index (χ2v) is 7.36. The molecule has 0 bridgehead atoms. The molecule has 2 amide bonds. The fraction of sp³-hybridized carbons (Fsp3) is 0.722. The van der Waals surface area contributed by atoms with E-state index in [9.17, 15) is 9.59 Å². The molecule has 8 nitrogen and oxygen atoms in total. The van der Waals surface area contributed by atoms with Gasteiger partial charge in [-0.15, -0.1) is 0 Å². The molecule has 144 valence electrons. The predicted octanol–water partition coefficient (Wildman–Crippen LogP) is 0.0734. The minimum absolute atomic E-state index is 0.0381. The number of carbonyl (C=O) groups is 2. The minimum atomic E-state index is -0.0381. The van der Waals surface area contributed by atoms with E-state index in [0.29, 0.717) is 32.1 Å². The van der Waals surface area contributed by atoms with Gasteiger partial charge in [-0.1, -0.05) is 0 Å². The van der Waals surface area contributed by atoms with E-state index in [1.807, 2.05) is 24.2 Å². The molecule has 0 radical (unpaired) electrons. The summed E-state index contributed by atoms with van der Waals surface area (Å²) in [5, 5.41) is 4.30. The van der Waals surface area contributed by atoms with Crippen molar-refractivity contribution in [3.63, 3.8) is 0 Å². The highest BCUT2D eigenvalue weighted by molar-refractivity contribution is 5.79. The fourth-order valence-corrected chi connectivity index (χ4v) is 3.75. The van der Waals surface area contributed by atoms with Gasteiger partial charge in [-0.3, -0.25) is 14.3 Å². The Labute approximate surface area is 154 Å². The lowest BCUT2D eigenvalue weighted by Crippen LogP contribution is -2.51. The van der Waals surface area contributed by atoms with Crippen molar-refractivity contribution >= 4 is 11.8 Å². The maximum Gasteiger partial charge on any atom is 0.248 e. The van der Waals surface area contributed by atoms with E-state index in [4.69, 9.17) is 9.47 Å². The number of carbonyl (C=O) groups excluding carboxylic acids is 2. The smallest absolute Gasteiger partial charge is 0.248 e. The van der Waals surface area contributed by atoms with Gasteiger partial charge in [0.15, 0.2) is 0 Å². The third kappa shape index (κ3) is 4.42. The molecule has 3 unspecified atom stereocenters. The number of fused-ring (bicyclic) bond motifs is 1. The van der Waals surface area contributed by atoms with Crippen LogP contribution in [0.1, 0.15) is 18.5 Å². The Morgan fingerprint density at radius 3 is 2.88 bits per heavy atom. The van der Waals surface area contributed by atoms with Crippen LogP contribution in [0.4, 0.5) is 0 Å². The van der Waals surface area contributed by atoms with Gasteiger partial charge in [-0.25, -0.2) is 0 Å². The van der Waals surface area contributed by atoms with E-state index in [1.54, 1.807) is 18.8 Å². The highest BCUT2D eigenvalue weighted by atomic mass is 16.5. The second-order valence-electron chi connectivity index (χ2n) is 7.36. The number of ether oxygens (including phenoxy) is 2. The molecule has 1 saturated heterocycles. The Balaban J connectivity index is 1.52. The summed E-state index contributed by atoms with van der Waals surface area (Å²) in [5.74, 6) is 0.374. The van der Waals surface area contributed by atoms with E-state index in [-0.39, 0.29) is 30.6 Å². The summed E-state index contributed by atoms with van der Waals surface area (Å²) in [7, 11) is 5.28. The summed E-state index contributed by atoms with van der Waals surface area (Å²) < 4.78 is 13.2. The number of nitrogens with zero attached hydrogens (tertiary/aromatic N) is 4. The van der Waals surface area contributed by atoms with Crippen molar-refractivity contribution in [2.75, 3.05) is 40.5 Å². The van der Waals surface area contributed by atoms with E-state index in [2.05, 4.69) is 5.10 Å². The van der Waals surface area contributed by atoms with Crippen LogP contribution in [-0.4, -0.2) is 84.0 Å². The maximum atomic E-state index is 12.7. The first-order valence-electron chi connectivity index (χ1n) is 9.11.